The zero-order valence-corrected chi connectivity index (χ0v) is 7.78. The number of carbonyl (C=O) groups is 1. The molecule has 4 heteroatoms. The molecule has 13 heavy (non-hydrogen) atoms. The summed E-state index contributed by atoms with van der Waals surface area (Å²) in [5.41, 5.74) is 3.46. The lowest BCUT2D eigenvalue weighted by Gasteiger charge is -1.94. The number of ether oxygens (including phenoxy) is 1. The molecule has 0 aliphatic carbocycles. The average Bonchev–Trinajstić information content (AvgIpc) is 2.20. The van der Waals surface area contributed by atoms with E-state index in [4.69, 9.17) is 5.84 Å². The van der Waals surface area contributed by atoms with Crippen LogP contribution in [0.4, 0.5) is 5.69 Å². The minimum Gasteiger partial charge on any atom is -0.469 e. The van der Waals surface area contributed by atoms with Gasteiger partial charge in [-0.3, -0.25) is 10.6 Å². The molecule has 0 radical (unpaired) electrons. The fraction of sp³-hybridized carbons (Fsp3) is 0.222. The standard InChI is InChI=1S/C6H8N2.C3H6O2/c7-8-6-4-2-1-3-5-6;1-3(4)5-2/h1-5,8H,7H2;1-2H3. The minimum atomic E-state index is -0.245. The first-order valence-electron chi connectivity index (χ1n) is 3.77. The third-order valence-corrected chi connectivity index (χ3v) is 1.23. The Morgan fingerprint density at radius 1 is 1.38 bits per heavy atom. The molecule has 1 aromatic carbocycles. The van der Waals surface area contributed by atoms with Crippen molar-refractivity contribution in [3.63, 3.8) is 0 Å². The Hall–Kier alpha value is -1.55. The molecule has 0 fully saturated rings. The smallest absolute Gasteiger partial charge is 0.302 e. The van der Waals surface area contributed by atoms with E-state index in [0.717, 1.165) is 5.69 Å². The Labute approximate surface area is 77.7 Å². The summed E-state index contributed by atoms with van der Waals surface area (Å²) in [6.45, 7) is 1.36. The van der Waals surface area contributed by atoms with Crippen LogP contribution in [0.5, 0.6) is 0 Å². The minimum absolute atomic E-state index is 0.245. The van der Waals surface area contributed by atoms with E-state index in [1.807, 2.05) is 30.3 Å². The number of nitrogens with two attached hydrogens (primary N) is 1. The van der Waals surface area contributed by atoms with Crippen molar-refractivity contribution >= 4 is 11.7 Å². The van der Waals surface area contributed by atoms with Gasteiger partial charge in [0.15, 0.2) is 0 Å². The lowest BCUT2D eigenvalue weighted by Crippen LogP contribution is -2.05. The number of para-hydroxylation sites is 1. The normalized spacial score (nSPS) is 7.92. The van der Waals surface area contributed by atoms with Crippen LogP contribution in [0.3, 0.4) is 0 Å². The van der Waals surface area contributed by atoms with Crippen LogP contribution in [-0.4, -0.2) is 13.1 Å². The van der Waals surface area contributed by atoms with E-state index in [2.05, 4.69) is 10.2 Å². The number of nitrogen functional groups attached to an aromatic ring is 1. The number of methoxy groups -OCH3 is 1. The first kappa shape index (κ1) is 11.4. The highest BCUT2D eigenvalue weighted by Gasteiger charge is 1.78. The van der Waals surface area contributed by atoms with Gasteiger partial charge in [-0.15, -0.1) is 0 Å². The van der Waals surface area contributed by atoms with Gasteiger partial charge in [-0.2, -0.15) is 0 Å². The van der Waals surface area contributed by atoms with Gasteiger partial charge in [0.2, 0.25) is 0 Å². The highest BCUT2D eigenvalue weighted by atomic mass is 16.5. The number of carbonyl (C=O) groups excluding carboxylic acids is 1. The molecular formula is C9H14N2O2. The Bertz CT molecular complexity index is 237. The van der Waals surface area contributed by atoms with E-state index in [0.29, 0.717) is 0 Å². The van der Waals surface area contributed by atoms with Crippen LogP contribution in [-0.2, 0) is 9.53 Å². The Morgan fingerprint density at radius 2 is 1.85 bits per heavy atom. The maximum Gasteiger partial charge on any atom is 0.302 e. The fourth-order valence-electron chi connectivity index (χ4n) is 0.534. The summed E-state index contributed by atoms with van der Waals surface area (Å²) in [7, 11) is 1.35. The van der Waals surface area contributed by atoms with Crippen molar-refractivity contribution in [3.8, 4) is 0 Å². The molecule has 0 unspecified atom stereocenters. The zero-order valence-electron chi connectivity index (χ0n) is 7.78. The van der Waals surface area contributed by atoms with Gasteiger partial charge in [-0.25, -0.2) is 0 Å². The number of hydrazine groups is 1. The predicted molar refractivity (Wildman–Crippen MR) is 51.9 cm³/mol. The van der Waals surface area contributed by atoms with Crippen molar-refractivity contribution in [1.82, 2.24) is 0 Å². The molecule has 1 rings (SSSR count). The maximum absolute atomic E-state index is 9.59. The third kappa shape index (κ3) is 6.83. The van der Waals surface area contributed by atoms with Crippen molar-refractivity contribution in [3.05, 3.63) is 30.3 Å². The molecule has 0 bridgehead atoms. The fourth-order valence-corrected chi connectivity index (χ4v) is 0.534. The molecule has 0 heterocycles. The number of anilines is 1. The number of esters is 1. The van der Waals surface area contributed by atoms with Crippen molar-refractivity contribution < 1.29 is 9.53 Å². The predicted octanol–water partition coefficient (Wildman–Crippen LogP) is 1.15. The second kappa shape index (κ2) is 7.12. The van der Waals surface area contributed by atoms with Crippen LogP contribution in [0.15, 0.2) is 30.3 Å². The van der Waals surface area contributed by atoms with Crippen molar-refractivity contribution in [2.75, 3.05) is 12.5 Å². The molecule has 1 aromatic rings. The SMILES string of the molecule is COC(C)=O.NNc1ccccc1. The quantitative estimate of drug-likeness (QED) is 0.388. The topological polar surface area (TPSA) is 64.3 Å². The number of benzene rings is 1. The molecule has 0 aromatic heterocycles. The molecule has 0 saturated heterocycles. The molecule has 4 nitrogen and oxygen atoms in total. The second-order valence-electron chi connectivity index (χ2n) is 2.21. The molecule has 0 spiro atoms. The lowest BCUT2D eigenvalue weighted by atomic mass is 10.3. The summed E-state index contributed by atoms with van der Waals surface area (Å²) in [6, 6.07) is 9.60. The zero-order chi connectivity index (χ0) is 10.1. The number of hydrogen-bond acceptors (Lipinski definition) is 4. The summed E-state index contributed by atoms with van der Waals surface area (Å²) < 4.78 is 4.11. The number of hydrogen-bond donors (Lipinski definition) is 2. The summed E-state index contributed by atoms with van der Waals surface area (Å²) in [4.78, 5) is 9.59. The van der Waals surface area contributed by atoms with Gasteiger partial charge in [0.1, 0.15) is 0 Å². The maximum atomic E-state index is 9.59. The van der Waals surface area contributed by atoms with Crippen LogP contribution in [0.2, 0.25) is 0 Å². The van der Waals surface area contributed by atoms with Gasteiger partial charge < -0.3 is 10.2 Å². The Kier molecular flexibility index (Phi) is 6.27. The largest absolute Gasteiger partial charge is 0.469 e. The van der Waals surface area contributed by atoms with Gasteiger partial charge in [0.25, 0.3) is 0 Å². The monoisotopic (exact) mass is 182 g/mol. The van der Waals surface area contributed by atoms with Gasteiger partial charge in [-0.1, -0.05) is 18.2 Å². The molecule has 0 atom stereocenters. The molecule has 0 saturated carbocycles. The first-order valence-corrected chi connectivity index (χ1v) is 3.77. The van der Waals surface area contributed by atoms with E-state index in [9.17, 15) is 4.79 Å². The van der Waals surface area contributed by atoms with E-state index >= 15 is 0 Å². The number of nitrogens with one attached hydrogen (secondary N) is 1. The van der Waals surface area contributed by atoms with Crippen LogP contribution in [0.1, 0.15) is 6.92 Å². The molecule has 0 aliphatic rings. The molecule has 0 amide bonds. The van der Waals surface area contributed by atoms with Crippen molar-refractivity contribution in [2.45, 2.75) is 6.92 Å². The average molecular weight is 182 g/mol. The van der Waals surface area contributed by atoms with Crippen LogP contribution >= 0.6 is 0 Å². The van der Waals surface area contributed by atoms with E-state index in [1.54, 1.807) is 0 Å². The highest BCUT2D eigenvalue weighted by molar-refractivity contribution is 5.65. The van der Waals surface area contributed by atoms with E-state index in [-0.39, 0.29) is 5.97 Å². The van der Waals surface area contributed by atoms with Crippen LogP contribution in [0, 0.1) is 0 Å². The summed E-state index contributed by atoms with van der Waals surface area (Å²) >= 11 is 0. The van der Waals surface area contributed by atoms with Crippen molar-refractivity contribution in [2.24, 2.45) is 5.84 Å². The van der Waals surface area contributed by atoms with Gasteiger partial charge >= 0.3 is 5.97 Å². The lowest BCUT2D eigenvalue weighted by molar-refractivity contribution is -0.137. The summed E-state index contributed by atoms with van der Waals surface area (Å²) in [6.07, 6.45) is 0. The van der Waals surface area contributed by atoms with Crippen molar-refractivity contribution in [1.29, 1.82) is 0 Å². The second-order valence-corrected chi connectivity index (χ2v) is 2.21. The highest BCUT2D eigenvalue weighted by Crippen LogP contribution is 2.00. The van der Waals surface area contributed by atoms with Gasteiger partial charge in [0, 0.05) is 12.6 Å². The van der Waals surface area contributed by atoms with E-state index in [1.165, 1.54) is 14.0 Å². The summed E-state index contributed by atoms with van der Waals surface area (Å²) in [5, 5.41) is 0. The third-order valence-electron chi connectivity index (χ3n) is 1.23. The Morgan fingerprint density at radius 3 is 2.08 bits per heavy atom. The van der Waals surface area contributed by atoms with Crippen LogP contribution < -0.4 is 11.3 Å². The van der Waals surface area contributed by atoms with Gasteiger partial charge in [-0.05, 0) is 12.1 Å². The Balaban J connectivity index is 0.000000252. The molecule has 0 aliphatic heterocycles. The van der Waals surface area contributed by atoms with Crippen LogP contribution in [0.25, 0.3) is 0 Å². The summed E-state index contributed by atoms with van der Waals surface area (Å²) in [5.74, 6) is 4.85. The molecule has 72 valence electrons. The van der Waals surface area contributed by atoms with Gasteiger partial charge in [0.05, 0.1) is 7.11 Å². The molecular weight excluding hydrogens is 168 g/mol. The number of rotatable bonds is 1. The first-order chi connectivity index (χ1) is 6.20. The molecule has 3 N–H and O–H groups in total. The van der Waals surface area contributed by atoms with E-state index < -0.39 is 0 Å².